The number of hydrogen-bond donors (Lipinski definition) is 0. The van der Waals surface area contributed by atoms with Gasteiger partial charge in [-0.2, -0.15) is 13.2 Å². The number of aromatic nitrogens is 1. The molecule has 0 radical (unpaired) electrons. The first kappa shape index (κ1) is 24.8. The zero-order chi connectivity index (χ0) is 24.2. The van der Waals surface area contributed by atoms with Gasteiger partial charge in [0, 0.05) is 36.0 Å². The molecule has 3 rings (SSSR count). The van der Waals surface area contributed by atoms with E-state index in [2.05, 4.69) is 32.0 Å². The average molecular weight is 457 g/mol. The number of hydrogen-bond acceptors (Lipinski definition) is 3. The second kappa shape index (κ2) is 10.4. The van der Waals surface area contributed by atoms with E-state index in [-0.39, 0.29) is 0 Å². The van der Waals surface area contributed by atoms with Crippen molar-refractivity contribution in [3.05, 3.63) is 82.0 Å². The van der Waals surface area contributed by atoms with Gasteiger partial charge in [-0.3, -0.25) is 9.88 Å². The third-order valence-corrected chi connectivity index (χ3v) is 5.93. The summed E-state index contributed by atoms with van der Waals surface area (Å²) in [6.45, 7) is 7.36. The minimum absolute atomic E-state index is 0.515. The van der Waals surface area contributed by atoms with E-state index in [1.807, 2.05) is 24.9 Å². The van der Waals surface area contributed by atoms with E-state index in [9.17, 15) is 13.2 Å². The first-order valence-electron chi connectivity index (χ1n) is 11.2. The Morgan fingerprint density at radius 2 is 1.55 bits per heavy atom. The van der Waals surface area contributed by atoms with Crippen molar-refractivity contribution in [2.45, 2.75) is 52.9 Å². The van der Waals surface area contributed by atoms with E-state index < -0.39 is 11.7 Å². The van der Waals surface area contributed by atoms with Crippen LogP contribution in [0.5, 0.6) is 5.75 Å². The highest BCUT2D eigenvalue weighted by atomic mass is 19.4. The molecular formula is C27H31F3N2O. The molecule has 0 saturated heterocycles. The molecule has 1 heterocycles. The number of pyridine rings is 1. The number of methoxy groups -OCH3 is 1. The van der Waals surface area contributed by atoms with Crippen molar-refractivity contribution in [2.75, 3.05) is 14.2 Å². The Morgan fingerprint density at radius 1 is 0.939 bits per heavy atom. The molecule has 0 spiro atoms. The van der Waals surface area contributed by atoms with Crippen LogP contribution in [0.1, 0.15) is 47.4 Å². The topological polar surface area (TPSA) is 25.4 Å². The monoisotopic (exact) mass is 456 g/mol. The molecule has 0 aliphatic heterocycles. The molecule has 0 bridgehead atoms. The Morgan fingerprint density at radius 3 is 2.06 bits per heavy atom. The van der Waals surface area contributed by atoms with Crippen molar-refractivity contribution in [1.82, 2.24) is 9.88 Å². The maximum atomic E-state index is 12.8. The van der Waals surface area contributed by atoms with Gasteiger partial charge in [-0.15, -0.1) is 0 Å². The van der Waals surface area contributed by atoms with Gasteiger partial charge in [-0.1, -0.05) is 44.2 Å². The van der Waals surface area contributed by atoms with Crippen molar-refractivity contribution < 1.29 is 17.9 Å². The van der Waals surface area contributed by atoms with Crippen LogP contribution in [0.3, 0.4) is 0 Å². The van der Waals surface area contributed by atoms with Gasteiger partial charge in [-0.25, -0.2) is 0 Å². The Hall–Kier alpha value is -2.86. The van der Waals surface area contributed by atoms with E-state index in [1.165, 1.54) is 28.8 Å². The number of rotatable bonds is 8. The van der Waals surface area contributed by atoms with Crippen molar-refractivity contribution in [3.63, 3.8) is 0 Å². The highest BCUT2D eigenvalue weighted by Gasteiger charge is 2.30. The molecule has 0 saturated carbocycles. The number of aryl methyl sites for hydroxylation is 3. The van der Waals surface area contributed by atoms with Gasteiger partial charge < -0.3 is 4.74 Å². The third kappa shape index (κ3) is 5.74. The minimum Gasteiger partial charge on any atom is -0.496 e. The molecule has 0 amide bonds. The zero-order valence-corrected chi connectivity index (χ0v) is 19.9. The summed E-state index contributed by atoms with van der Waals surface area (Å²) >= 11 is 0. The predicted octanol–water partition coefficient (Wildman–Crippen LogP) is 6.84. The summed E-state index contributed by atoms with van der Waals surface area (Å²) in [6.07, 6.45) is -2.48. The quantitative estimate of drug-likeness (QED) is 0.371. The first-order chi connectivity index (χ1) is 15.7. The fourth-order valence-electron chi connectivity index (χ4n) is 4.18. The summed E-state index contributed by atoms with van der Waals surface area (Å²) < 4.78 is 44.2. The predicted molar refractivity (Wildman–Crippen MR) is 126 cm³/mol. The van der Waals surface area contributed by atoms with Crippen LogP contribution < -0.4 is 4.74 Å². The molecule has 0 aliphatic carbocycles. The Balaban J connectivity index is 1.86. The third-order valence-electron chi connectivity index (χ3n) is 5.93. The number of alkyl halides is 3. The summed E-state index contributed by atoms with van der Waals surface area (Å²) in [4.78, 5) is 6.98. The Labute approximate surface area is 194 Å². The lowest BCUT2D eigenvalue weighted by Crippen LogP contribution is -2.19. The molecule has 6 heteroatoms. The Bertz CT molecular complexity index is 1070. The molecule has 3 aromatic rings. The van der Waals surface area contributed by atoms with Crippen LogP contribution in [0.15, 0.2) is 48.5 Å². The summed E-state index contributed by atoms with van der Waals surface area (Å²) in [5.74, 6) is 0.768. The van der Waals surface area contributed by atoms with Crippen LogP contribution in [0.25, 0.3) is 11.3 Å². The van der Waals surface area contributed by atoms with Gasteiger partial charge in [0.05, 0.1) is 18.4 Å². The zero-order valence-electron chi connectivity index (χ0n) is 19.9. The number of ether oxygens (including phenoxy) is 1. The van der Waals surface area contributed by atoms with Gasteiger partial charge in [0.2, 0.25) is 0 Å². The summed E-state index contributed by atoms with van der Waals surface area (Å²) in [5.41, 5.74) is 6.65. The summed E-state index contributed by atoms with van der Waals surface area (Å²) in [5, 5.41) is 0. The van der Waals surface area contributed by atoms with Gasteiger partial charge in [0.1, 0.15) is 5.75 Å². The molecule has 176 valence electrons. The lowest BCUT2D eigenvalue weighted by Gasteiger charge is -2.21. The van der Waals surface area contributed by atoms with E-state index >= 15 is 0 Å². The average Bonchev–Trinajstić information content (AvgIpc) is 2.79. The van der Waals surface area contributed by atoms with E-state index in [0.717, 1.165) is 53.2 Å². The minimum atomic E-state index is -4.32. The van der Waals surface area contributed by atoms with E-state index in [0.29, 0.717) is 13.1 Å². The molecule has 0 aliphatic rings. The smallest absolute Gasteiger partial charge is 0.416 e. The molecular weight excluding hydrogens is 425 g/mol. The molecule has 1 aromatic heterocycles. The Kier molecular flexibility index (Phi) is 7.80. The molecule has 33 heavy (non-hydrogen) atoms. The fourth-order valence-corrected chi connectivity index (χ4v) is 4.18. The van der Waals surface area contributed by atoms with Crippen molar-refractivity contribution in [1.29, 1.82) is 0 Å². The van der Waals surface area contributed by atoms with Gasteiger partial charge in [-0.05, 0) is 55.6 Å². The van der Waals surface area contributed by atoms with Crippen molar-refractivity contribution in [2.24, 2.45) is 0 Å². The van der Waals surface area contributed by atoms with Crippen LogP contribution >= 0.6 is 0 Å². The van der Waals surface area contributed by atoms with Crippen LogP contribution in [0, 0.1) is 6.92 Å². The normalized spacial score (nSPS) is 11.8. The van der Waals surface area contributed by atoms with E-state index in [4.69, 9.17) is 9.72 Å². The molecule has 0 N–H and O–H groups in total. The SMILES string of the molecule is CCc1cccc(CC)c1-c1cc(OC)c(CN(C)Cc2ccc(C(F)(F)F)cc2)c(C)n1. The van der Waals surface area contributed by atoms with Gasteiger partial charge >= 0.3 is 6.18 Å². The van der Waals surface area contributed by atoms with Gasteiger partial charge in [0.15, 0.2) is 0 Å². The second-order valence-corrected chi connectivity index (χ2v) is 8.30. The molecule has 2 aromatic carbocycles. The number of benzene rings is 2. The van der Waals surface area contributed by atoms with Gasteiger partial charge in [0.25, 0.3) is 0 Å². The number of nitrogens with zero attached hydrogens (tertiary/aromatic N) is 2. The molecule has 0 fully saturated rings. The van der Waals surface area contributed by atoms with E-state index in [1.54, 1.807) is 7.11 Å². The number of halogens is 3. The first-order valence-corrected chi connectivity index (χ1v) is 11.2. The molecule has 0 unspecified atom stereocenters. The van der Waals surface area contributed by atoms with Crippen molar-refractivity contribution in [3.8, 4) is 17.0 Å². The van der Waals surface area contributed by atoms with Crippen LogP contribution in [-0.4, -0.2) is 24.0 Å². The highest BCUT2D eigenvalue weighted by molar-refractivity contribution is 5.70. The lowest BCUT2D eigenvalue weighted by atomic mass is 9.94. The fraction of sp³-hybridized carbons (Fsp3) is 0.370. The van der Waals surface area contributed by atoms with Crippen LogP contribution in [-0.2, 0) is 32.1 Å². The molecule has 0 atom stereocenters. The summed E-state index contributed by atoms with van der Waals surface area (Å²) in [6, 6.07) is 13.7. The molecule has 3 nitrogen and oxygen atoms in total. The standard InChI is InChI=1S/C27H31F3N2O/c1-6-20-9-8-10-21(7-2)26(20)24-15-25(33-5)23(18(3)31-24)17-32(4)16-19-11-13-22(14-12-19)27(28,29)30/h8-15H,6-7,16-17H2,1-5H3. The van der Waals surface area contributed by atoms with Crippen molar-refractivity contribution >= 4 is 0 Å². The summed E-state index contributed by atoms with van der Waals surface area (Å²) in [7, 11) is 3.59. The maximum Gasteiger partial charge on any atom is 0.416 e. The van der Waals surface area contributed by atoms with Crippen LogP contribution in [0.4, 0.5) is 13.2 Å². The largest absolute Gasteiger partial charge is 0.496 e. The van der Waals surface area contributed by atoms with Crippen LogP contribution in [0.2, 0.25) is 0 Å². The highest BCUT2D eigenvalue weighted by Crippen LogP contribution is 2.33. The second-order valence-electron chi connectivity index (χ2n) is 8.30. The maximum absolute atomic E-state index is 12.8. The lowest BCUT2D eigenvalue weighted by molar-refractivity contribution is -0.137.